The molecule has 0 saturated heterocycles. The molecule has 0 aliphatic rings. The zero-order valence-electron chi connectivity index (χ0n) is 40.9. The molecule has 0 radical (unpaired) electrons. The summed E-state index contributed by atoms with van der Waals surface area (Å²) < 4.78 is 16.8. The van der Waals surface area contributed by atoms with Gasteiger partial charge in [0, 0.05) is 19.3 Å². The molecule has 0 fully saturated rings. The van der Waals surface area contributed by atoms with Gasteiger partial charge in [0.2, 0.25) is 0 Å². The Morgan fingerprint density at radius 3 is 1.06 bits per heavy atom. The van der Waals surface area contributed by atoms with Gasteiger partial charge in [-0.1, -0.05) is 223 Å². The summed E-state index contributed by atoms with van der Waals surface area (Å²) in [6.45, 7) is 6.46. The van der Waals surface area contributed by atoms with Crippen LogP contribution in [0.1, 0.15) is 258 Å². The zero-order valence-corrected chi connectivity index (χ0v) is 40.9. The Bertz CT molecular complexity index is 1130. The van der Waals surface area contributed by atoms with Crippen molar-refractivity contribution in [2.45, 2.75) is 264 Å². The van der Waals surface area contributed by atoms with Gasteiger partial charge in [0.05, 0.1) is 0 Å². The van der Waals surface area contributed by atoms with Gasteiger partial charge in [0.1, 0.15) is 13.2 Å². The molecular formula is C56H98O6. The normalized spacial score (nSPS) is 12.5. The van der Waals surface area contributed by atoms with Crippen LogP contribution in [0.25, 0.3) is 0 Å². The lowest BCUT2D eigenvalue weighted by Crippen LogP contribution is -2.30. The summed E-state index contributed by atoms with van der Waals surface area (Å²) in [7, 11) is 0. The Labute approximate surface area is 383 Å². The van der Waals surface area contributed by atoms with E-state index in [1.165, 1.54) is 116 Å². The van der Waals surface area contributed by atoms with Crippen LogP contribution in [0.3, 0.4) is 0 Å². The number of esters is 3. The van der Waals surface area contributed by atoms with Crippen LogP contribution in [0.5, 0.6) is 0 Å². The molecule has 6 nitrogen and oxygen atoms in total. The minimum Gasteiger partial charge on any atom is -0.462 e. The van der Waals surface area contributed by atoms with Crippen molar-refractivity contribution >= 4 is 17.9 Å². The third-order valence-corrected chi connectivity index (χ3v) is 11.2. The van der Waals surface area contributed by atoms with Crippen molar-refractivity contribution in [2.24, 2.45) is 0 Å². The largest absolute Gasteiger partial charge is 0.462 e. The van der Waals surface area contributed by atoms with Gasteiger partial charge in [-0.25, -0.2) is 0 Å². The lowest BCUT2D eigenvalue weighted by molar-refractivity contribution is -0.167. The molecule has 0 spiro atoms. The number of allylic oxidation sites excluding steroid dienone is 10. The van der Waals surface area contributed by atoms with Crippen molar-refractivity contribution in [1.29, 1.82) is 0 Å². The van der Waals surface area contributed by atoms with Crippen LogP contribution in [-0.4, -0.2) is 37.2 Å². The first-order valence-corrected chi connectivity index (χ1v) is 26.3. The van der Waals surface area contributed by atoms with Crippen molar-refractivity contribution in [1.82, 2.24) is 0 Å². The van der Waals surface area contributed by atoms with Crippen LogP contribution in [0.2, 0.25) is 0 Å². The van der Waals surface area contributed by atoms with E-state index < -0.39 is 6.10 Å². The van der Waals surface area contributed by atoms with Crippen molar-refractivity contribution in [3.63, 3.8) is 0 Å². The van der Waals surface area contributed by atoms with E-state index >= 15 is 0 Å². The number of hydrogen-bond acceptors (Lipinski definition) is 6. The Hall–Kier alpha value is -2.89. The third-order valence-electron chi connectivity index (χ3n) is 11.2. The van der Waals surface area contributed by atoms with Crippen molar-refractivity contribution in [2.75, 3.05) is 13.2 Å². The number of carbonyl (C=O) groups excluding carboxylic acids is 3. The average molecular weight is 867 g/mol. The van der Waals surface area contributed by atoms with Gasteiger partial charge in [-0.2, -0.15) is 0 Å². The molecule has 0 aliphatic carbocycles. The van der Waals surface area contributed by atoms with E-state index in [9.17, 15) is 14.4 Å². The minimum atomic E-state index is -0.780. The van der Waals surface area contributed by atoms with E-state index in [2.05, 4.69) is 81.5 Å². The summed E-state index contributed by atoms with van der Waals surface area (Å²) in [6.07, 6.45) is 62.1. The van der Waals surface area contributed by atoms with Gasteiger partial charge >= 0.3 is 17.9 Å². The maximum atomic E-state index is 12.8. The number of carbonyl (C=O) groups is 3. The predicted octanol–water partition coefficient (Wildman–Crippen LogP) is 17.3. The fourth-order valence-electron chi connectivity index (χ4n) is 7.32. The Balaban J connectivity index is 4.34. The van der Waals surface area contributed by atoms with Crippen molar-refractivity contribution < 1.29 is 28.6 Å². The first-order chi connectivity index (χ1) is 30.5. The van der Waals surface area contributed by atoms with Gasteiger partial charge in [-0.3, -0.25) is 14.4 Å². The first-order valence-electron chi connectivity index (χ1n) is 26.3. The molecule has 0 saturated carbocycles. The number of hydrogen-bond donors (Lipinski definition) is 0. The second-order valence-electron chi connectivity index (χ2n) is 17.4. The van der Waals surface area contributed by atoms with E-state index in [-0.39, 0.29) is 31.1 Å². The molecule has 0 aromatic carbocycles. The summed E-state index contributed by atoms with van der Waals surface area (Å²) in [5.74, 6) is -0.899. The molecule has 0 amide bonds. The van der Waals surface area contributed by atoms with Crippen LogP contribution >= 0.6 is 0 Å². The molecule has 0 N–H and O–H groups in total. The Morgan fingerprint density at radius 2 is 0.661 bits per heavy atom. The van der Waals surface area contributed by atoms with Gasteiger partial charge in [0.25, 0.3) is 0 Å². The van der Waals surface area contributed by atoms with Crippen molar-refractivity contribution in [3.05, 3.63) is 60.8 Å². The molecular weight excluding hydrogens is 769 g/mol. The highest BCUT2D eigenvalue weighted by Crippen LogP contribution is 2.15. The standard InChI is InChI=1S/C56H98O6/c1-4-7-10-13-16-19-22-24-26-27-28-29-31-32-34-37-40-43-46-49-55(58)61-52-53(51-60-54(57)48-45-42-39-36-21-18-15-12-9-6-3)62-56(59)50-47-44-41-38-35-33-30-25-23-20-17-14-11-8-5-2/h7,10,12,15-16,19,24,26,28-29,53H,4-6,8-9,11,13-14,17-18,20-23,25,27,30-52H2,1-3H3/b10-7-,15-12-,19-16-,26-24-,29-28-. The molecule has 0 aromatic heterocycles. The highest BCUT2D eigenvalue weighted by molar-refractivity contribution is 5.71. The molecule has 0 aromatic rings. The fourth-order valence-corrected chi connectivity index (χ4v) is 7.32. The van der Waals surface area contributed by atoms with Gasteiger partial charge in [-0.05, 0) is 77.0 Å². The highest BCUT2D eigenvalue weighted by atomic mass is 16.6. The summed E-state index contributed by atoms with van der Waals surface area (Å²) in [5.41, 5.74) is 0. The highest BCUT2D eigenvalue weighted by Gasteiger charge is 2.19. The van der Waals surface area contributed by atoms with Crippen LogP contribution < -0.4 is 0 Å². The second-order valence-corrected chi connectivity index (χ2v) is 17.4. The van der Waals surface area contributed by atoms with E-state index in [0.29, 0.717) is 19.3 Å². The SMILES string of the molecule is CC/C=C\C/C=C\C/C=C\C/C=C\CCCCCCCCC(=O)OCC(COC(=O)CCCCCCC/C=C\CCC)OC(=O)CCCCCCCCCCCCCCCCC. The number of unbranched alkanes of at least 4 members (excludes halogenated alkanes) is 26. The van der Waals surface area contributed by atoms with Gasteiger partial charge < -0.3 is 14.2 Å². The quantitative estimate of drug-likeness (QED) is 0.0262. The average Bonchev–Trinajstić information content (AvgIpc) is 3.27. The smallest absolute Gasteiger partial charge is 0.306 e. The molecule has 358 valence electrons. The minimum absolute atomic E-state index is 0.0816. The first kappa shape index (κ1) is 59.1. The molecule has 62 heavy (non-hydrogen) atoms. The molecule has 0 bridgehead atoms. The second kappa shape index (κ2) is 50.8. The molecule has 0 aliphatic heterocycles. The monoisotopic (exact) mass is 867 g/mol. The van der Waals surface area contributed by atoms with Crippen LogP contribution in [0.4, 0.5) is 0 Å². The molecule has 0 heterocycles. The lowest BCUT2D eigenvalue weighted by atomic mass is 10.0. The Morgan fingerprint density at radius 1 is 0.339 bits per heavy atom. The molecule has 1 atom stereocenters. The summed E-state index contributed by atoms with van der Waals surface area (Å²) in [5, 5.41) is 0. The zero-order chi connectivity index (χ0) is 45.1. The van der Waals surface area contributed by atoms with Crippen LogP contribution in [0, 0.1) is 0 Å². The fraction of sp³-hybridized carbons (Fsp3) is 0.768. The predicted molar refractivity (Wildman–Crippen MR) is 265 cm³/mol. The van der Waals surface area contributed by atoms with E-state index in [1.54, 1.807) is 0 Å². The van der Waals surface area contributed by atoms with E-state index in [0.717, 1.165) is 103 Å². The number of ether oxygens (including phenoxy) is 3. The summed E-state index contributed by atoms with van der Waals surface area (Å²) >= 11 is 0. The van der Waals surface area contributed by atoms with Gasteiger partial charge in [-0.15, -0.1) is 0 Å². The molecule has 0 rings (SSSR count). The van der Waals surface area contributed by atoms with Crippen LogP contribution in [-0.2, 0) is 28.6 Å². The Kier molecular flexibility index (Phi) is 48.4. The van der Waals surface area contributed by atoms with E-state index in [4.69, 9.17) is 14.2 Å². The topological polar surface area (TPSA) is 78.9 Å². The third kappa shape index (κ3) is 48.1. The number of rotatable bonds is 47. The van der Waals surface area contributed by atoms with Crippen LogP contribution in [0.15, 0.2) is 60.8 Å². The lowest BCUT2D eigenvalue weighted by Gasteiger charge is -2.18. The summed E-state index contributed by atoms with van der Waals surface area (Å²) in [4.78, 5) is 37.9. The van der Waals surface area contributed by atoms with E-state index in [1.807, 2.05) is 0 Å². The van der Waals surface area contributed by atoms with Crippen molar-refractivity contribution in [3.8, 4) is 0 Å². The van der Waals surface area contributed by atoms with Gasteiger partial charge in [0.15, 0.2) is 6.10 Å². The molecule has 6 heteroatoms. The summed E-state index contributed by atoms with van der Waals surface area (Å²) in [6, 6.07) is 0. The maximum absolute atomic E-state index is 12.8. The molecule has 1 unspecified atom stereocenters. The maximum Gasteiger partial charge on any atom is 0.306 e.